The summed E-state index contributed by atoms with van der Waals surface area (Å²) in [6, 6.07) is 0. The third kappa shape index (κ3) is 6.95. The monoisotopic (exact) mass is 584 g/mol. The van der Waals surface area contributed by atoms with Gasteiger partial charge in [0.1, 0.15) is 12.5 Å². The number of morpholine rings is 1. The van der Waals surface area contributed by atoms with Crippen molar-refractivity contribution in [1.82, 2.24) is 10.2 Å². The fraction of sp³-hybridized carbons (Fsp3) is 0.889. The van der Waals surface area contributed by atoms with E-state index in [9.17, 15) is 9.59 Å². The highest BCUT2D eigenvalue weighted by Crippen LogP contribution is 2.67. The molecule has 0 spiro atoms. The maximum absolute atomic E-state index is 12.7. The topological polar surface area (TPSA) is 67.9 Å². The highest BCUT2D eigenvalue weighted by Gasteiger charge is 2.59. The number of allylic oxidation sites excluding steroid dienone is 1. The van der Waals surface area contributed by atoms with Crippen LogP contribution in [-0.4, -0.2) is 62.3 Å². The molecule has 1 heterocycles. The predicted octanol–water partition coefficient (Wildman–Crippen LogP) is 6.78. The van der Waals surface area contributed by atoms with E-state index in [2.05, 4.69) is 50.9 Å². The van der Waals surface area contributed by atoms with E-state index in [1.165, 1.54) is 56.9 Å². The van der Waals surface area contributed by atoms with E-state index in [-0.39, 0.29) is 29.8 Å². The van der Waals surface area contributed by atoms with Crippen molar-refractivity contribution >= 4 is 11.9 Å². The van der Waals surface area contributed by atoms with Crippen LogP contribution in [0, 0.1) is 46.3 Å². The second-order valence-corrected chi connectivity index (χ2v) is 15.6. The van der Waals surface area contributed by atoms with Crippen molar-refractivity contribution in [2.24, 2.45) is 46.3 Å². The van der Waals surface area contributed by atoms with Gasteiger partial charge in [0.15, 0.2) is 0 Å². The quantitative estimate of drug-likeness (QED) is 0.165. The lowest BCUT2D eigenvalue weighted by Gasteiger charge is -2.58. The first-order chi connectivity index (χ1) is 20.1. The van der Waals surface area contributed by atoms with Crippen LogP contribution in [-0.2, 0) is 19.1 Å². The maximum Gasteiger partial charge on any atom is 0.315 e. The summed E-state index contributed by atoms with van der Waals surface area (Å²) in [4.78, 5) is 27.3. The molecule has 3 saturated carbocycles. The predicted molar refractivity (Wildman–Crippen MR) is 168 cm³/mol. The summed E-state index contributed by atoms with van der Waals surface area (Å²) in [5.41, 5.74) is 2.28. The minimum atomic E-state index is -0.380. The van der Waals surface area contributed by atoms with Gasteiger partial charge in [-0.2, -0.15) is 0 Å². The van der Waals surface area contributed by atoms with E-state index in [4.69, 9.17) is 9.47 Å². The molecule has 1 amide bonds. The number of hydrogen-bond acceptors (Lipinski definition) is 5. The van der Waals surface area contributed by atoms with Crippen LogP contribution in [0.2, 0.25) is 0 Å². The molecule has 5 aliphatic rings. The maximum atomic E-state index is 12.7. The molecule has 6 nitrogen and oxygen atoms in total. The standard InChI is InChI=1S/C36H60N2O4/c1-25(2)7-6-8-26(3)30-11-12-31-29-10-9-27-23-28(13-15-35(27,4)32(29)14-16-36(30,31)5)42-34(40)24-33(39)37-17-18-38-19-21-41-22-20-38/h9,25-26,28-32H,6-8,10-24H2,1-5H3,(H,37,39)/t26-,28+,29+,30-,31+,32+,35+,36-/m1/s1. The van der Waals surface area contributed by atoms with Crippen LogP contribution in [0.3, 0.4) is 0 Å². The molecule has 0 aromatic rings. The van der Waals surface area contributed by atoms with E-state index in [0.29, 0.717) is 12.0 Å². The first-order valence-electron chi connectivity index (χ1n) is 17.6. The van der Waals surface area contributed by atoms with E-state index in [1.54, 1.807) is 0 Å². The molecular weight excluding hydrogens is 524 g/mol. The Morgan fingerprint density at radius 2 is 1.83 bits per heavy atom. The third-order valence-corrected chi connectivity index (χ3v) is 12.7. The second-order valence-electron chi connectivity index (χ2n) is 15.6. The van der Waals surface area contributed by atoms with Gasteiger partial charge in [0.05, 0.1) is 13.2 Å². The van der Waals surface area contributed by atoms with Crippen LogP contribution in [0.25, 0.3) is 0 Å². The average Bonchev–Trinajstić information content (AvgIpc) is 3.31. The van der Waals surface area contributed by atoms with Gasteiger partial charge in [-0.3, -0.25) is 14.5 Å². The number of nitrogens with zero attached hydrogens (tertiary/aromatic N) is 1. The number of esters is 1. The first-order valence-corrected chi connectivity index (χ1v) is 17.6. The van der Waals surface area contributed by atoms with Crippen LogP contribution in [0.5, 0.6) is 0 Å². The number of rotatable bonds is 11. The molecule has 42 heavy (non-hydrogen) atoms. The summed E-state index contributed by atoms with van der Waals surface area (Å²) in [6.45, 7) is 17.1. The molecule has 0 unspecified atom stereocenters. The van der Waals surface area contributed by atoms with Gasteiger partial charge in [0.25, 0.3) is 0 Å². The largest absolute Gasteiger partial charge is 0.462 e. The van der Waals surface area contributed by atoms with Crippen molar-refractivity contribution in [3.05, 3.63) is 11.6 Å². The Bertz CT molecular complexity index is 973. The summed E-state index contributed by atoms with van der Waals surface area (Å²) in [6.07, 6.45) is 16.1. The van der Waals surface area contributed by atoms with E-state index in [0.717, 1.165) is 87.6 Å². The Morgan fingerprint density at radius 1 is 1.05 bits per heavy atom. The molecule has 1 aliphatic heterocycles. The molecule has 4 aliphatic carbocycles. The number of carbonyl (C=O) groups is 2. The summed E-state index contributed by atoms with van der Waals surface area (Å²) in [5.74, 6) is 4.37. The van der Waals surface area contributed by atoms with Gasteiger partial charge in [-0.15, -0.1) is 0 Å². The Kier molecular flexibility index (Phi) is 10.4. The van der Waals surface area contributed by atoms with Gasteiger partial charge in [0, 0.05) is 32.6 Å². The molecule has 238 valence electrons. The summed E-state index contributed by atoms with van der Waals surface area (Å²) < 4.78 is 11.3. The van der Waals surface area contributed by atoms with Crippen molar-refractivity contribution < 1.29 is 19.1 Å². The fourth-order valence-electron chi connectivity index (χ4n) is 10.4. The first kappa shape index (κ1) is 32.0. The van der Waals surface area contributed by atoms with Gasteiger partial charge >= 0.3 is 5.97 Å². The molecule has 1 saturated heterocycles. The lowest BCUT2D eigenvalue weighted by atomic mass is 9.47. The van der Waals surface area contributed by atoms with Gasteiger partial charge in [0.2, 0.25) is 5.91 Å². The molecule has 0 aromatic heterocycles. The van der Waals surface area contributed by atoms with E-state index in [1.807, 2.05) is 0 Å². The molecule has 8 atom stereocenters. The third-order valence-electron chi connectivity index (χ3n) is 12.7. The van der Waals surface area contributed by atoms with Crippen LogP contribution in [0.15, 0.2) is 11.6 Å². The minimum Gasteiger partial charge on any atom is -0.462 e. The zero-order valence-electron chi connectivity index (χ0n) is 27.4. The normalized spacial score (nSPS) is 37.3. The molecule has 6 heteroatoms. The highest BCUT2D eigenvalue weighted by molar-refractivity contribution is 5.94. The molecule has 1 N–H and O–H groups in total. The zero-order chi connectivity index (χ0) is 29.9. The van der Waals surface area contributed by atoms with Gasteiger partial charge in [-0.25, -0.2) is 0 Å². The lowest BCUT2D eigenvalue weighted by Crippen LogP contribution is -2.51. The highest BCUT2D eigenvalue weighted by atomic mass is 16.5. The average molecular weight is 585 g/mol. The Morgan fingerprint density at radius 3 is 2.60 bits per heavy atom. The Balaban J connectivity index is 1.11. The minimum absolute atomic E-state index is 0.0917. The van der Waals surface area contributed by atoms with Crippen molar-refractivity contribution in [2.45, 2.75) is 118 Å². The number of nitrogens with one attached hydrogen (secondary N) is 1. The van der Waals surface area contributed by atoms with Gasteiger partial charge in [-0.1, -0.05) is 65.5 Å². The number of carbonyl (C=O) groups excluding carboxylic acids is 2. The van der Waals surface area contributed by atoms with Gasteiger partial charge in [-0.05, 0) is 91.3 Å². The van der Waals surface area contributed by atoms with Crippen LogP contribution in [0.1, 0.15) is 112 Å². The summed E-state index contributed by atoms with van der Waals surface area (Å²) in [7, 11) is 0. The molecular formula is C36H60N2O4. The van der Waals surface area contributed by atoms with Crippen LogP contribution in [0.4, 0.5) is 0 Å². The number of fused-ring (bicyclic) bond motifs is 5. The summed E-state index contributed by atoms with van der Waals surface area (Å²) >= 11 is 0. The number of ether oxygens (including phenoxy) is 2. The molecule has 0 aromatic carbocycles. The SMILES string of the molecule is CC(C)CCC[C@@H](C)[C@H]1CC[C@H]2[C@@H]3CC=C4C[C@@H](OC(=O)CC(=O)NCCN5CCOCC5)CC[C@]4(C)[C@H]3CC[C@]12C. The van der Waals surface area contributed by atoms with Crippen LogP contribution >= 0.6 is 0 Å². The number of hydrogen-bond donors (Lipinski definition) is 1. The zero-order valence-corrected chi connectivity index (χ0v) is 27.4. The van der Waals surface area contributed by atoms with Crippen molar-refractivity contribution in [3.8, 4) is 0 Å². The Hall–Kier alpha value is -1.40. The molecule has 5 rings (SSSR count). The Labute approximate surface area is 256 Å². The van der Waals surface area contributed by atoms with Gasteiger partial charge < -0.3 is 14.8 Å². The number of amides is 1. The lowest BCUT2D eigenvalue weighted by molar-refractivity contribution is -0.153. The fourth-order valence-corrected chi connectivity index (χ4v) is 10.4. The smallest absolute Gasteiger partial charge is 0.315 e. The molecule has 0 radical (unpaired) electrons. The van der Waals surface area contributed by atoms with Crippen molar-refractivity contribution in [2.75, 3.05) is 39.4 Å². The van der Waals surface area contributed by atoms with Crippen molar-refractivity contribution in [3.63, 3.8) is 0 Å². The molecule has 0 bridgehead atoms. The van der Waals surface area contributed by atoms with E-state index >= 15 is 0 Å². The van der Waals surface area contributed by atoms with Crippen LogP contribution < -0.4 is 5.32 Å². The summed E-state index contributed by atoms with van der Waals surface area (Å²) in [5, 5.41) is 2.89. The molecule has 4 fully saturated rings. The second kappa shape index (κ2) is 13.7. The van der Waals surface area contributed by atoms with E-state index < -0.39 is 0 Å². The van der Waals surface area contributed by atoms with Crippen molar-refractivity contribution in [1.29, 1.82) is 0 Å².